The highest BCUT2D eigenvalue weighted by molar-refractivity contribution is 7.46. The standard InChI is InChI=1S/C44H79O10P/c1-4-6-7-8-20-25-31-40(45)32-26-22-23-27-33-41(46)34-29-36-43(47)52-37-42(38-53-55(49,50)51)54-44(48)35-28-21-18-16-14-12-10-9-11-13-15-17-19-24-30-39(3)5-2/h20,22-23,25-27,32-33,39-42,45-46H,4-19,21,24,28-31,34-38H2,1-3H3,(H2,49,50,51)/b23-22+,25-20-,32-26+,33-27-/t39?,40-,41-,42-/m1/s1. The van der Waals surface area contributed by atoms with Gasteiger partial charge in [0.25, 0.3) is 0 Å². The van der Waals surface area contributed by atoms with E-state index in [1.165, 1.54) is 96.3 Å². The molecule has 0 radical (unpaired) electrons. The third-order valence-corrected chi connectivity index (χ3v) is 10.1. The van der Waals surface area contributed by atoms with Gasteiger partial charge in [0.15, 0.2) is 6.10 Å². The highest BCUT2D eigenvalue weighted by atomic mass is 31.2. The Bertz CT molecular complexity index is 1080. The normalized spacial score (nSPS) is 14.7. The van der Waals surface area contributed by atoms with E-state index in [-0.39, 0.29) is 12.8 Å². The SMILES string of the molecule is CCCCC/C=C\C[C@@H](O)/C=C/C=C/C=C\[C@@H](O)CCCC(=O)OC[C@H](COP(=O)(O)O)OC(=O)CCCCCCCCCCCCCCCCC(C)CC. The molecule has 0 heterocycles. The van der Waals surface area contributed by atoms with Gasteiger partial charge in [0.1, 0.15) is 6.61 Å². The van der Waals surface area contributed by atoms with E-state index in [0.29, 0.717) is 25.7 Å². The van der Waals surface area contributed by atoms with Crippen molar-refractivity contribution in [1.29, 1.82) is 0 Å². The van der Waals surface area contributed by atoms with E-state index in [2.05, 4.69) is 31.4 Å². The Hall–Kier alpha value is -2.07. The quantitative estimate of drug-likeness (QED) is 0.0156. The Balaban J connectivity index is 4.15. The Kier molecular flexibility index (Phi) is 36.1. The summed E-state index contributed by atoms with van der Waals surface area (Å²) < 4.78 is 26.3. The lowest BCUT2D eigenvalue weighted by Crippen LogP contribution is -2.29. The zero-order chi connectivity index (χ0) is 40.8. The highest BCUT2D eigenvalue weighted by Crippen LogP contribution is 2.36. The number of hydrogen-bond acceptors (Lipinski definition) is 8. The van der Waals surface area contributed by atoms with Gasteiger partial charge in [-0.15, -0.1) is 0 Å². The minimum absolute atomic E-state index is 0.00712. The molecule has 4 atom stereocenters. The maximum absolute atomic E-state index is 12.4. The van der Waals surface area contributed by atoms with E-state index < -0.39 is 51.3 Å². The van der Waals surface area contributed by atoms with Crippen LogP contribution in [0, 0.1) is 5.92 Å². The molecule has 0 aromatic rings. The van der Waals surface area contributed by atoms with Crippen molar-refractivity contribution in [3.05, 3.63) is 48.6 Å². The van der Waals surface area contributed by atoms with Crippen molar-refractivity contribution in [3.8, 4) is 0 Å². The maximum atomic E-state index is 12.4. The molecule has 0 aliphatic rings. The summed E-state index contributed by atoms with van der Waals surface area (Å²) in [5.74, 6) is -0.255. The molecule has 0 saturated carbocycles. The monoisotopic (exact) mass is 799 g/mol. The van der Waals surface area contributed by atoms with Crippen LogP contribution in [-0.4, -0.2) is 63.5 Å². The largest absolute Gasteiger partial charge is 0.469 e. The van der Waals surface area contributed by atoms with Crippen LogP contribution in [0.15, 0.2) is 48.6 Å². The number of unbranched alkanes of at least 4 members (excludes halogenated alkanes) is 16. The van der Waals surface area contributed by atoms with Gasteiger partial charge in [0, 0.05) is 12.8 Å². The number of esters is 2. The van der Waals surface area contributed by atoms with Gasteiger partial charge in [0.05, 0.1) is 18.8 Å². The highest BCUT2D eigenvalue weighted by Gasteiger charge is 2.23. The summed E-state index contributed by atoms with van der Waals surface area (Å²) in [6.45, 7) is 5.79. The summed E-state index contributed by atoms with van der Waals surface area (Å²) in [6.07, 6.45) is 37.4. The number of phosphoric ester groups is 1. The van der Waals surface area contributed by atoms with Crippen molar-refractivity contribution < 1.29 is 48.2 Å². The second-order valence-electron chi connectivity index (χ2n) is 15.0. The number of carbonyl (C=O) groups is 2. The molecule has 0 aliphatic carbocycles. The molecule has 0 aliphatic heterocycles. The first-order valence-corrected chi connectivity index (χ1v) is 23.1. The van der Waals surface area contributed by atoms with Crippen LogP contribution in [-0.2, 0) is 28.2 Å². The molecule has 0 fully saturated rings. The number of carbonyl (C=O) groups excluding carboxylic acids is 2. The number of phosphoric acid groups is 1. The van der Waals surface area contributed by atoms with Crippen LogP contribution in [0.3, 0.4) is 0 Å². The molecule has 0 aromatic heterocycles. The van der Waals surface area contributed by atoms with E-state index in [0.717, 1.165) is 31.6 Å². The predicted octanol–water partition coefficient (Wildman–Crippen LogP) is 10.9. The fraction of sp³-hybridized carbons (Fsp3) is 0.773. The maximum Gasteiger partial charge on any atom is 0.469 e. The summed E-state index contributed by atoms with van der Waals surface area (Å²) in [5.41, 5.74) is 0. The Morgan fingerprint density at radius 3 is 1.73 bits per heavy atom. The van der Waals surface area contributed by atoms with Gasteiger partial charge in [-0.1, -0.05) is 179 Å². The van der Waals surface area contributed by atoms with Gasteiger partial charge in [-0.2, -0.15) is 0 Å². The van der Waals surface area contributed by atoms with E-state index in [1.54, 1.807) is 36.5 Å². The fourth-order valence-corrected chi connectivity index (χ4v) is 6.26. The lowest BCUT2D eigenvalue weighted by Gasteiger charge is -2.18. The van der Waals surface area contributed by atoms with Gasteiger partial charge >= 0.3 is 19.8 Å². The molecule has 1 unspecified atom stereocenters. The molecule has 11 heteroatoms. The average Bonchev–Trinajstić information content (AvgIpc) is 3.14. The van der Waals surface area contributed by atoms with Crippen molar-refractivity contribution in [1.82, 2.24) is 0 Å². The molecule has 0 spiro atoms. The van der Waals surface area contributed by atoms with Crippen molar-refractivity contribution in [2.45, 2.75) is 200 Å². The van der Waals surface area contributed by atoms with Crippen molar-refractivity contribution >= 4 is 19.8 Å². The average molecular weight is 799 g/mol. The molecule has 55 heavy (non-hydrogen) atoms. The number of ether oxygens (including phenoxy) is 2. The summed E-state index contributed by atoms with van der Waals surface area (Å²) in [6, 6.07) is 0. The second kappa shape index (κ2) is 37.5. The first kappa shape index (κ1) is 52.9. The minimum atomic E-state index is -4.81. The number of hydrogen-bond donors (Lipinski definition) is 4. The number of allylic oxidation sites excluding steroid dienone is 5. The van der Waals surface area contributed by atoms with Crippen LogP contribution in [0.5, 0.6) is 0 Å². The van der Waals surface area contributed by atoms with Gasteiger partial charge in [-0.25, -0.2) is 4.57 Å². The third-order valence-electron chi connectivity index (χ3n) is 9.58. The fourth-order valence-electron chi connectivity index (χ4n) is 5.90. The first-order valence-electron chi connectivity index (χ1n) is 21.5. The Morgan fingerprint density at radius 2 is 1.16 bits per heavy atom. The van der Waals surface area contributed by atoms with Gasteiger partial charge in [-0.3, -0.25) is 14.1 Å². The van der Waals surface area contributed by atoms with Crippen LogP contribution in [0.25, 0.3) is 0 Å². The topological polar surface area (TPSA) is 160 Å². The van der Waals surface area contributed by atoms with E-state index >= 15 is 0 Å². The molecule has 0 rings (SSSR count). The number of aliphatic hydroxyl groups excluding tert-OH is 2. The zero-order valence-electron chi connectivity index (χ0n) is 34.7. The molecular formula is C44H79O10P. The molecule has 4 N–H and O–H groups in total. The molecule has 320 valence electrons. The van der Waals surface area contributed by atoms with Crippen molar-refractivity contribution in [2.75, 3.05) is 13.2 Å². The summed E-state index contributed by atoms with van der Waals surface area (Å²) in [4.78, 5) is 42.9. The molecule has 0 bridgehead atoms. The van der Waals surface area contributed by atoms with Gasteiger partial charge < -0.3 is 29.5 Å². The van der Waals surface area contributed by atoms with Crippen LogP contribution in [0.2, 0.25) is 0 Å². The third kappa shape index (κ3) is 39.9. The Morgan fingerprint density at radius 1 is 0.618 bits per heavy atom. The van der Waals surface area contributed by atoms with Crippen LogP contribution in [0.1, 0.15) is 181 Å². The molecule has 0 amide bonds. The smallest absolute Gasteiger partial charge is 0.462 e. The summed E-state index contributed by atoms with van der Waals surface area (Å²) in [7, 11) is -4.81. The zero-order valence-corrected chi connectivity index (χ0v) is 35.6. The van der Waals surface area contributed by atoms with Crippen molar-refractivity contribution in [2.24, 2.45) is 5.92 Å². The van der Waals surface area contributed by atoms with Crippen LogP contribution >= 0.6 is 7.82 Å². The predicted molar refractivity (Wildman–Crippen MR) is 223 cm³/mol. The minimum Gasteiger partial charge on any atom is -0.462 e. The van der Waals surface area contributed by atoms with E-state index in [4.69, 9.17) is 19.3 Å². The second-order valence-corrected chi connectivity index (χ2v) is 16.2. The number of rotatable bonds is 38. The Labute approximate surface area is 334 Å². The summed E-state index contributed by atoms with van der Waals surface area (Å²) in [5, 5.41) is 20.2. The van der Waals surface area contributed by atoms with Gasteiger partial charge in [-0.05, 0) is 44.4 Å². The molecular weight excluding hydrogens is 719 g/mol. The van der Waals surface area contributed by atoms with Crippen LogP contribution < -0.4 is 0 Å². The molecule has 0 saturated heterocycles. The van der Waals surface area contributed by atoms with Crippen molar-refractivity contribution in [3.63, 3.8) is 0 Å². The molecule has 0 aromatic carbocycles. The lowest BCUT2D eigenvalue weighted by molar-refractivity contribution is -0.161. The lowest BCUT2D eigenvalue weighted by atomic mass is 9.99. The van der Waals surface area contributed by atoms with E-state index in [1.807, 2.05) is 6.08 Å². The first-order chi connectivity index (χ1) is 26.5. The van der Waals surface area contributed by atoms with E-state index in [9.17, 15) is 24.4 Å². The van der Waals surface area contributed by atoms with Crippen LogP contribution in [0.4, 0.5) is 0 Å². The number of aliphatic hydroxyl groups is 2. The van der Waals surface area contributed by atoms with Gasteiger partial charge in [0.2, 0.25) is 0 Å². The summed E-state index contributed by atoms with van der Waals surface area (Å²) >= 11 is 0. The molecule has 10 nitrogen and oxygen atoms in total.